The second-order valence-electron chi connectivity index (χ2n) is 5.23. The lowest BCUT2D eigenvalue weighted by molar-refractivity contribution is 0.0912. The fourth-order valence-electron chi connectivity index (χ4n) is 2.48. The summed E-state index contributed by atoms with van der Waals surface area (Å²) in [6, 6.07) is 1.64. The lowest BCUT2D eigenvalue weighted by atomic mass is 9.92. The van der Waals surface area contributed by atoms with Crippen molar-refractivity contribution in [2.45, 2.75) is 20.3 Å². The molecule has 2 aromatic rings. The molecule has 2 heterocycles. The molecule has 2 N–H and O–H groups in total. The molecule has 0 saturated heterocycles. The maximum absolute atomic E-state index is 11.9. The minimum absolute atomic E-state index is 0.212. The summed E-state index contributed by atoms with van der Waals surface area (Å²) < 4.78 is 4.94. The molecule has 0 aliphatic heterocycles. The van der Waals surface area contributed by atoms with Gasteiger partial charge in [-0.15, -0.1) is 0 Å². The molecular formula is C15H17N3O2. The number of hydrogen-bond donors (Lipinski definition) is 2. The van der Waals surface area contributed by atoms with Crippen LogP contribution in [-0.4, -0.2) is 22.6 Å². The van der Waals surface area contributed by atoms with E-state index in [-0.39, 0.29) is 11.7 Å². The van der Waals surface area contributed by atoms with E-state index in [0.29, 0.717) is 18.2 Å². The van der Waals surface area contributed by atoms with E-state index >= 15 is 0 Å². The van der Waals surface area contributed by atoms with Gasteiger partial charge in [-0.05, 0) is 43.4 Å². The van der Waals surface area contributed by atoms with E-state index in [9.17, 15) is 4.79 Å². The third-order valence-corrected chi connectivity index (χ3v) is 3.62. The number of carbonyl (C=O) groups excluding carboxylic acids is 1. The largest absolute Gasteiger partial charge is 0.361 e. The molecule has 1 aliphatic rings. The van der Waals surface area contributed by atoms with E-state index in [1.807, 2.05) is 6.20 Å². The monoisotopic (exact) mass is 271 g/mol. The van der Waals surface area contributed by atoms with Crippen LogP contribution in [0, 0.1) is 19.8 Å². The Hall–Kier alpha value is -2.30. The molecule has 0 spiro atoms. The summed E-state index contributed by atoms with van der Waals surface area (Å²) in [5.41, 5.74) is 4.49. The molecule has 0 radical (unpaired) electrons. The minimum atomic E-state index is -0.212. The molecule has 0 aromatic carbocycles. The van der Waals surface area contributed by atoms with Crippen LogP contribution < -0.4 is 5.32 Å². The third kappa shape index (κ3) is 2.39. The summed E-state index contributed by atoms with van der Waals surface area (Å²) in [6.45, 7) is 4.49. The molecule has 104 valence electrons. The van der Waals surface area contributed by atoms with Crippen molar-refractivity contribution in [3.63, 3.8) is 0 Å². The lowest BCUT2D eigenvalue weighted by Gasteiger charge is -2.17. The van der Waals surface area contributed by atoms with Crippen molar-refractivity contribution in [1.29, 1.82) is 0 Å². The number of aromatic amines is 1. The van der Waals surface area contributed by atoms with E-state index in [4.69, 9.17) is 4.52 Å². The summed E-state index contributed by atoms with van der Waals surface area (Å²) in [4.78, 5) is 15.1. The molecule has 5 nitrogen and oxygen atoms in total. The first-order chi connectivity index (χ1) is 9.63. The van der Waals surface area contributed by atoms with Crippen LogP contribution in [0.1, 0.15) is 33.1 Å². The topological polar surface area (TPSA) is 70.9 Å². The Bertz CT molecular complexity index is 666. The highest BCUT2D eigenvalue weighted by molar-refractivity contribution is 5.91. The van der Waals surface area contributed by atoms with E-state index in [2.05, 4.69) is 34.5 Å². The van der Waals surface area contributed by atoms with Crippen molar-refractivity contribution in [3.8, 4) is 0 Å². The summed E-state index contributed by atoms with van der Waals surface area (Å²) in [6.07, 6.45) is 7.18. The standard InChI is InChI=1S/C15H17N3O2/c1-9-7-16-13-4-3-11(6-12(9)13)8-17-15(19)14-5-10(2)18-20-14/h3-5,7,11,16H,6,8H2,1-2H3,(H,17,19). The summed E-state index contributed by atoms with van der Waals surface area (Å²) in [5, 5.41) is 6.60. The lowest BCUT2D eigenvalue weighted by Crippen LogP contribution is -2.30. The first-order valence-electron chi connectivity index (χ1n) is 6.70. The normalized spacial score (nSPS) is 17.0. The number of amides is 1. The second-order valence-corrected chi connectivity index (χ2v) is 5.23. The van der Waals surface area contributed by atoms with Crippen LogP contribution in [0.4, 0.5) is 0 Å². The number of aryl methyl sites for hydroxylation is 2. The molecule has 1 amide bonds. The number of carbonyl (C=O) groups is 1. The van der Waals surface area contributed by atoms with Gasteiger partial charge in [-0.3, -0.25) is 4.79 Å². The van der Waals surface area contributed by atoms with Crippen LogP contribution in [0.15, 0.2) is 22.9 Å². The fraction of sp³-hybridized carbons (Fsp3) is 0.333. The third-order valence-electron chi connectivity index (χ3n) is 3.62. The highest BCUT2D eigenvalue weighted by atomic mass is 16.5. The molecule has 5 heteroatoms. The van der Waals surface area contributed by atoms with Gasteiger partial charge in [-0.2, -0.15) is 0 Å². The van der Waals surface area contributed by atoms with Gasteiger partial charge in [-0.1, -0.05) is 11.2 Å². The maximum atomic E-state index is 11.9. The Balaban J connectivity index is 1.60. The van der Waals surface area contributed by atoms with Crippen LogP contribution in [-0.2, 0) is 6.42 Å². The van der Waals surface area contributed by atoms with Gasteiger partial charge in [0.25, 0.3) is 5.91 Å². The molecular weight excluding hydrogens is 254 g/mol. The molecule has 0 bridgehead atoms. The fourth-order valence-corrected chi connectivity index (χ4v) is 2.48. The van der Waals surface area contributed by atoms with Crippen molar-refractivity contribution < 1.29 is 9.32 Å². The first kappa shape index (κ1) is 12.7. The SMILES string of the molecule is Cc1cc(C(=O)NCC2C=Cc3[nH]cc(C)c3C2)on1. The minimum Gasteiger partial charge on any atom is -0.361 e. The molecule has 3 rings (SSSR count). The number of nitrogens with zero attached hydrogens (tertiary/aromatic N) is 1. The number of rotatable bonds is 3. The Morgan fingerprint density at radius 2 is 2.40 bits per heavy atom. The van der Waals surface area contributed by atoms with Crippen LogP contribution in [0.3, 0.4) is 0 Å². The molecule has 0 saturated carbocycles. The van der Waals surface area contributed by atoms with E-state index < -0.39 is 0 Å². The van der Waals surface area contributed by atoms with E-state index in [0.717, 1.165) is 6.42 Å². The van der Waals surface area contributed by atoms with Gasteiger partial charge < -0.3 is 14.8 Å². The Kier molecular flexibility index (Phi) is 3.18. The molecule has 20 heavy (non-hydrogen) atoms. The molecule has 1 unspecified atom stereocenters. The van der Waals surface area contributed by atoms with Gasteiger partial charge >= 0.3 is 0 Å². The quantitative estimate of drug-likeness (QED) is 0.899. The van der Waals surface area contributed by atoms with Crippen LogP contribution in [0.2, 0.25) is 0 Å². The summed E-state index contributed by atoms with van der Waals surface area (Å²) in [5.74, 6) is 0.362. The smallest absolute Gasteiger partial charge is 0.289 e. The van der Waals surface area contributed by atoms with Crippen molar-refractivity contribution in [2.75, 3.05) is 6.54 Å². The molecule has 2 aromatic heterocycles. The number of H-pyrrole nitrogens is 1. The highest BCUT2D eigenvalue weighted by Crippen LogP contribution is 2.24. The Morgan fingerprint density at radius 1 is 1.55 bits per heavy atom. The number of aromatic nitrogens is 2. The zero-order chi connectivity index (χ0) is 14.1. The van der Waals surface area contributed by atoms with Gasteiger partial charge in [0.2, 0.25) is 5.76 Å². The number of fused-ring (bicyclic) bond motifs is 1. The highest BCUT2D eigenvalue weighted by Gasteiger charge is 2.18. The van der Waals surface area contributed by atoms with Gasteiger partial charge in [-0.25, -0.2) is 0 Å². The maximum Gasteiger partial charge on any atom is 0.289 e. The Labute approximate surface area is 117 Å². The summed E-state index contributed by atoms with van der Waals surface area (Å²) >= 11 is 0. The predicted octanol–water partition coefficient (Wildman–Crippen LogP) is 2.24. The predicted molar refractivity (Wildman–Crippen MR) is 75.3 cm³/mol. The Morgan fingerprint density at radius 3 is 3.15 bits per heavy atom. The van der Waals surface area contributed by atoms with E-state index in [1.54, 1.807) is 13.0 Å². The summed E-state index contributed by atoms with van der Waals surface area (Å²) in [7, 11) is 0. The van der Waals surface area contributed by atoms with Crippen molar-refractivity contribution >= 4 is 12.0 Å². The average molecular weight is 271 g/mol. The van der Waals surface area contributed by atoms with Gasteiger partial charge in [0.05, 0.1) is 5.69 Å². The zero-order valence-electron chi connectivity index (χ0n) is 11.6. The molecule has 1 atom stereocenters. The number of nitrogens with one attached hydrogen (secondary N) is 2. The van der Waals surface area contributed by atoms with Crippen molar-refractivity contribution in [1.82, 2.24) is 15.5 Å². The molecule has 1 aliphatic carbocycles. The van der Waals surface area contributed by atoms with Crippen molar-refractivity contribution in [3.05, 3.63) is 46.6 Å². The van der Waals surface area contributed by atoms with Gasteiger partial charge in [0.15, 0.2) is 0 Å². The second kappa shape index (κ2) is 5.00. The van der Waals surface area contributed by atoms with Gasteiger partial charge in [0.1, 0.15) is 0 Å². The average Bonchev–Trinajstić information content (AvgIpc) is 3.03. The zero-order valence-corrected chi connectivity index (χ0v) is 11.6. The van der Waals surface area contributed by atoms with Crippen LogP contribution in [0.5, 0.6) is 0 Å². The molecule has 0 fully saturated rings. The van der Waals surface area contributed by atoms with Crippen molar-refractivity contribution in [2.24, 2.45) is 5.92 Å². The van der Waals surface area contributed by atoms with Gasteiger partial charge in [0, 0.05) is 24.5 Å². The number of hydrogen-bond acceptors (Lipinski definition) is 3. The van der Waals surface area contributed by atoms with E-state index in [1.165, 1.54) is 16.8 Å². The van der Waals surface area contributed by atoms with Crippen LogP contribution >= 0.6 is 0 Å². The van der Waals surface area contributed by atoms with Crippen LogP contribution in [0.25, 0.3) is 6.08 Å². The first-order valence-corrected chi connectivity index (χ1v) is 6.70.